The number of halogens is 1. The number of rotatable bonds is 5. The van der Waals surface area contributed by atoms with Crippen molar-refractivity contribution >= 4 is 29.5 Å². The van der Waals surface area contributed by atoms with Gasteiger partial charge in [0.2, 0.25) is 0 Å². The molecule has 1 saturated heterocycles. The van der Waals surface area contributed by atoms with Crippen LogP contribution in [0.5, 0.6) is 11.5 Å². The van der Waals surface area contributed by atoms with E-state index in [9.17, 15) is 0 Å². The molecule has 0 bridgehead atoms. The van der Waals surface area contributed by atoms with Gasteiger partial charge in [0.15, 0.2) is 5.58 Å². The summed E-state index contributed by atoms with van der Waals surface area (Å²) < 4.78 is 17.1. The molecule has 1 aromatic carbocycles. The van der Waals surface area contributed by atoms with E-state index >= 15 is 0 Å². The van der Waals surface area contributed by atoms with Crippen LogP contribution in [0.4, 0.5) is 6.01 Å². The van der Waals surface area contributed by atoms with Gasteiger partial charge >= 0.3 is 0 Å². The second kappa shape index (κ2) is 8.25. The van der Waals surface area contributed by atoms with Crippen LogP contribution in [0.2, 0.25) is 0 Å². The number of ether oxygens (including phenoxy) is 2. The summed E-state index contributed by atoms with van der Waals surface area (Å²) >= 11 is 0. The Bertz CT molecular complexity index is 843. The number of nitrogens with zero attached hydrogens (tertiary/aromatic N) is 3. The highest BCUT2D eigenvalue weighted by Crippen LogP contribution is 2.27. The van der Waals surface area contributed by atoms with Crippen LogP contribution in [-0.4, -0.2) is 49.4 Å². The van der Waals surface area contributed by atoms with Crippen molar-refractivity contribution in [2.45, 2.75) is 6.04 Å². The van der Waals surface area contributed by atoms with Gasteiger partial charge in [-0.15, -0.1) is 12.4 Å². The highest BCUT2D eigenvalue weighted by atomic mass is 35.5. The molecule has 1 N–H and O–H groups in total. The summed E-state index contributed by atoms with van der Waals surface area (Å²) in [5, 5.41) is 3.40. The van der Waals surface area contributed by atoms with Crippen LogP contribution in [0.1, 0.15) is 0 Å². The zero-order chi connectivity index (χ0) is 17.1. The standard InChI is InChI=1S/C18H20N4O3.ClH/c1-23-14-4-5-17-16(9-14)21-18(25-17)22-8-7-20-10-13(22)12-24-15-3-2-6-19-11-15;/h2-6,9,11,13,20H,7-8,10,12H2,1H3;1H. The number of aromatic nitrogens is 2. The topological polar surface area (TPSA) is 72.7 Å². The van der Waals surface area contributed by atoms with Gasteiger partial charge in [-0.05, 0) is 24.3 Å². The molecule has 3 heterocycles. The number of piperazine rings is 1. The Morgan fingerprint density at radius 1 is 1.31 bits per heavy atom. The van der Waals surface area contributed by atoms with Crippen LogP contribution in [0.3, 0.4) is 0 Å². The third-order valence-corrected chi connectivity index (χ3v) is 4.26. The average molecular weight is 377 g/mol. The molecule has 7 nitrogen and oxygen atoms in total. The fourth-order valence-electron chi connectivity index (χ4n) is 2.93. The van der Waals surface area contributed by atoms with Gasteiger partial charge in [-0.2, -0.15) is 4.98 Å². The van der Waals surface area contributed by atoms with E-state index in [-0.39, 0.29) is 18.4 Å². The summed E-state index contributed by atoms with van der Waals surface area (Å²) in [6.07, 6.45) is 3.44. The van der Waals surface area contributed by atoms with Gasteiger partial charge in [0, 0.05) is 31.9 Å². The lowest BCUT2D eigenvalue weighted by molar-refractivity contribution is 0.261. The first kappa shape index (κ1) is 18.3. The zero-order valence-electron chi connectivity index (χ0n) is 14.4. The van der Waals surface area contributed by atoms with Crippen molar-refractivity contribution in [3.8, 4) is 11.5 Å². The number of hydrogen-bond donors (Lipinski definition) is 1. The maximum absolute atomic E-state index is 5.95. The summed E-state index contributed by atoms with van der Waals surface area (Å²) in [6, 6.07) is 10.1. The maximum atomic E-state index is 5.95. The molecule has 0 saturated carbocycles. The van der Waals surface area contributed by atoms with Gasteiger partial charge in [-0.1, -0.05) is 0 Å². The van der Waals surface area contributed by atoms with Gasteiger partial charge in [0.05, 0.1) is 19.3 Å². The quantitative estimate of drug-likeness (QED) is 0.733. The van der Waals surface area contributed by atoms with Crippen LogP contribution < -0.4 is 19.7 Å². The maximum Gasteiger partial charge on any atom is 0.298 e. The van der Waals surface area contributed by atoms with Crippen molar-refractivity contribution in [1.29, 1.82) is 0 Å². The molecule has 0 spiro atoms. The number of pyridine rings is 1. The summed E-state index contributed by atoms with van der Waals surface area (Å²) in [5.41, 5.74) is 1.54. The Balaban J connectivity index is 0.00000196. The summed E-state index contributed by atoms with van der Waals surface area (Å²) in [4.78, 5) is 10.9. The molecule has 1 unspecified atom stereocenters. The molecule has 1 aliphatic heterocycles. The lowest BCUT2D eigenvalue weighted by Gasteiger charge is -2.34. The Labute approximate surface area is 157 Å². The van der Waals surface area contributed by atoms with Crippen molar-refractivity contribution < 1.29 is 13.9 Å². The second-order valence-electron chi connectivity index (χ2n) is 5.88. The molecule has 3 aromatic rings. The van der Waals surface area contributed by atoms with Crippen LogP contribution in [-0.2, 0) is 0 Å². The number of methoxy groups -OCH3 is 1. The molecule has 2 aromatic heterocycles. The monoisotopic (exact) mass is 376 g/mol. The minimum atomic E-state index is 0. The van der Waals surface area contributed by atoms with E-state index in [0.717, 1.165) is 42.2 Å². The van der Waals surface area contributed by atoms with E-state index in [0.29, 0.717) is 12.6 Å². The Morgan fingerprint density at radius 2 is 2.23 bits per heavy atom. The van der Waals surface area contributed by atoms with Crippen molar-refractivity contribution in [3.63, 3.8) is 0 Å². The van der Waals surface area contributed by atoms with E-state index in [1.54, 1.807) is 19.5 Å². The van der Waals surface area contributed by atoms with Crippen molar-refractivity contribution in [2.24, 2.45) is 0 Å². The van der Waals surface area contributed by atoms with E-state index in [2.05, 4.69) is 20.2 Å². The number of anilines is 1. The van der Waals surface area contributed by atoms with E-state index < -0.39 is 0 Å². The molecule has 0 radical (unpaired) electrons. The summed E-state index contributed by atoms with van der Waals surface area (Å²) in [6.45, 7) is 3.03. The first-order valence-corrected chi connectivity index (χ1v) is 8.28. The van der Waals surface area contributed by atoms with Crippen molar-refractivity contribution in [3.05, 3.63) is 42.7 Å². The highest BCUT2D eigenvalue weighted by Gasteiger charge is 2.27. The number of fused-ring (bicyclic) bond motifs is 1. The third kappa shape index (κ3) is 3.84. The van der Waals surface area contributed by atoms with E-state index in [1.165, 1.54) is 0 Å². The lowest BCUT2D eigenvalue weighted by Crippen LogP contribution is -2.54. The molecule has 4 rings (SSSR count). The van der Waals surface area contributed by atoms with Gasteiger partial charge in [0.25, 0.3) is 6.01 Å². The molecule has 138 valence electrons. The largest absolute Gasteiger partial charge is 0.497 e. The van der Waals surface area contributed by atoms with Gasteiger partial charge in [-0.3, -0.25) is 4.98 Å². The van der Waals surface area contributed by atoms with Crippen molar-refractivity contribution in [2.75, 3.05) is 38.3 Å². The molecular formula is C18H21ClN4O3. The minimum Gasteiger partial charge on any atom is -0.497 e. The summed E-state index contributed by atoms with van der Waals surface area (Å²) in [5.74, 6) is 1.53. The average Bonchev–Trinajstić information content (AvgIpc) is 3.10. The van der Waals surface area contributed by atoms with Crippen LogP contribution >= 0.6 is 12.4 Å². The highest BCUT2D eigenvalue weighted by molar-refractivity contribution is 5.85. The normalized spacial score (nSPS) is 17.0. The molecule has 0 amide bonds. The second-order valence-corrected chi connectivity index (χ2v) is 5.88. The molecule has 26 heavy (non-hydrogen) atoms. The number of benzene rings is 1. The molecule has 1 atom stereocenters. The predicted octanol–water partition coefficient (Wildman–Crippen LogP) is 2.51. The van der Waals surface area contributed by atoms with E-state index in [4.69, 9.17) is 13.9 Å². The molecule has 0 aliphatic carbocycles. The number of oxazole rings is 1. The Morgan fingerprint density at radius 3 is 3.04 bits per heavy atom. The van der Waals surface area contributed by atoms with Gasteiger partial charge in [0.1, 0.15) is 23.6 Å². The first-order valence-electron chi connectivity index (χ1n) is 8.28. The molecule has 1 fully saturated rings. The van der Waals surface area contributed by atoms with Crippen LogP contribution in [0, 0.1) is 0 Å². The smallest absolute Gasteiger partial charge is 0.298 e. The van der Waals surface area contributed by atoms with Crippen LogP contribution in [0.25, 0.3) is 11.1 Å². The predicted molar refractivity (Wildman–Crippen MR) is 102 cm³/mol. The zero-order valence-corrected chi connectivity index (χ0v) is 15.2. The number of hydrogen-bond acceptors (Lipinski definition) is 7. The molecular weight excluding hydrogens is 356 g/mol. The minimum absolute atomic E-state index is 0. The fraction of sp³-hybridized carbons (Fsp3) is 0.333. The fourth-order valence-corrected chi connectivity index (χ4v) is 2.93. The summed E-state index contributed by atoms with van der Waals surface area (Å²) in [7, 11) is 1.64. The number of nitrogens with one attached hydrogen (secondary N) is 1. The molecule has 1 aliphatic rings. The SMILES string of the molecule is COc1ccc2oc(N3CCNCC3COc3cccnc3)nc2c1.Cl. The van der Waals surface area contributed by atoms with E-state index in [1.807, 2.05) is 30.3 Å². The Hall–Kier alpha value is -2.51. The third-order valence-electron chi connectivity index (χ3n) is 4.26. The van der Waals surface area contributed by atoms with Gasteiger partial charge < -0.3 is 24.1 Å². The van der Waals surface area contributed by atoms with Crippen LogP contribution in [0.15, 0.2) is 47.1 Å². The van der Waals surface area contributed by atoms with Crippen molar-refractivity contribution in [1.82, 2.24) is 15.3 Å². The lowest BCUT2D eigenvalue weighted by atomic mass is 10.2. The van der Waals surface area contributed by atoms with Gasteiger partial charge in [-0.25, -0.2) is 0 Å². The Kier molecular flexibility index (Phi) is 5.80. The first-order chi connectivity index (χ1) is 12.3. The molecule has 8 heteroatoms.